The van der Waals surface area contributed by atoms with Gasteiger partial charge < -0.3 is 4.52 Å². The van der Waals surface area contributed by atoms with E-state index in [2.05, 4.69) is 9.68 Å². The second-order valence-electron chi connectivity index (χ2n) is 3.97. The van der Waals surface area contributed by atoms with Gasteiger partial charge in [0.05, 0.1) is 5.69 Å². The van der Waals surface area contributed by atoms with E-state index in [1.54, 1.807) is 13.8 Å². The van der Waals surface area contributed by atoms with Crippen LogP contribution in [0.25, 0.3) is 0 Å². The summed E-state index contributed by atoms with van der Waals surface area (Å²) in [5.74, 6) is -3.17. The first kappa shape index (κ1) is 8.66. The lowest BCUT2D eigenvalue weighted by atomic mass is 9.98. The molecule has 0 aliphatic heterocycles. The maximum atomic E-state index is 13.6. The Morgan fingerprint density at radius 1 is 1.54 bits per heavy atom. The highest BCUT2D eigenvalue weighted by Crippen LogP contribution is 2.60. The van der Waals surface area contributed by atoms with Gasteiger partial charge in [-0.15, -0.1) is 0 Å². The molecule has 1 aromatic rings. The number of hydrogen-bond donors (Lipinski definition) is 0. The zero-order valence-corrected chi connectivity index (χ0v) is 7.60. The van der Waals surface area contributed by atoms with E-state index >= 15 is 0 Å². The quantitative estimate of drug-likeness (QED) is 0.711. The van der Waals surface area contributed by atoms with E-state index in [1.165, 1.54) is 6.07 Å². The number of alkyl halides is 2. The highest BCUT2D eigenvalue weighted by atomic mass is 19.3. The summed E-state index contributed by atoms with van der Waals surface area (Å²) in [6.45, 7) is 3.21. The minimum absolute atomic E-state index is 0.301. The second kappa shape index (κ2) is 2.30. The van der Waals surface area contributed by atoms with Crippen molar-refractivity contribution in [3.05, 3.63) is 17.5 Å². The van der Waals surface area contributed by atoms with Crippen LogP contribution in [0.15, 0.2) is 10.6 Å². The number of rotatable bonds is 2. The summed E-state index contributed by atoms with van der Waals surface area (Å²) >= 11 is 0. The highest BCUT2D eigenvalue weighted by molar-refractivity contribution is 5.16. The van der Waals surface area contributed by atoms with Crippen molar-refractivity contribution in [1.82, 2.24) is 5.16 Å². The third kappa shape index (κ3) is 1.16. The van der Waals surface area contributed by atoms with Crippen LogP contribution >= 0.6 is 0 Å². The standard InChI is InChI=1S/C9H11F2NO/c1-6-5-7(13-12-6)9(10,11)8(2)3-4-8/h5H,3-4H2,1-2H3. The molecular formula is C9H11F2NO. The van der Waals surface area contributed by atoms with Crippen molar-refractivity contribution in [3.63, 3.8) is 0 Å². The summed E-state index contributed by atoms with van der Waals surface area (Å²) in [5, 5.41) is 3.47. The maximum Gasteiger partial charge on any atom is 0.312 e. The minimum Gasteiger partial charge on any atom is -0.355 e. The molecule has 0 saturated heterocycles. The zero-order chi connectivity index (χ0) is 9.69. The fraction of sp³-hybridized carbons (Fsp3) is 0.667. The lowest BCUT2D eigenvalue weighted by Gasteiger charge is -2.19. The molecule has 1 heterocycles. The largest absolute Gasteiger partial charge is 0.355 e. The zero-order valence-electron chi connectivity index (χ0n) is 7.60. The number of aromatic nitrogens is 1. The monoisotopic (exact) mass is 187 g/mol. The van der Waals surface area contributed by atoms with Gasteiger partial charge in [-0.3, -0.25) is 0 Å². The van der Waals surface area contributed by atoms with E-state index in [4.69, 9.17) is 0 Å². The van der Waals surface area contributed by atoms with E-state index in [9.17, 15) is 8.78 Å². The smallest absolute Gasteiger partial charge is 0.312 e. The third-order valence-electron chi connectivity index (χ3n) is 2.70. The van der Waals surface area contributed by atoms with Gasteiger partial charge in [0.25, 0.3) is 0 Å². The van der Waals surface area contributed by atoms with Crippen molar-refractivity contribution in [1.29, 1.82) is 0 Å². The fourth-order valence-electron chi connectivity index (χ4n) is 1.31. The Kier molecular flexibility index (Phi) is 1.54. The first-order valence-corrected chi connectivity index (χ1v) is 4.27. The first-order valence-electron chi connectivity index (χ1n) is 4.27. The molecule has 1 saturated carbocycles. The summed E-state index contributed by atoms with van der Waals surface area (Å²) in [7, 11) is 0. The third-order valence-corrected chi connectivity index (χ3v) is 2.70. The van der Waals surface area contributed by atoms with Gasteiger partial charge in [-0.2, -0.15) is 8.78 Å². The van der Waals surface area contributed by atoms with Gasteiger partial charge >= 0.3 is 5.92 Å². The van der Waals surface area contributed by atoms with Gasteiger partial charge in [-0.05, 0) is 19.8 Å². The number of halogens is 2. The van der Waals surface area contributed by atoms with Crippen LogP contribution in [-0.4, -0.2) is 5.16 Å². The predicted octanol–water partition coefficient (Wildman–Crippen LogP) is 2.87. The Morgan fingerprint density at radius 2 is 2.15 bits per heavy atom. The summed E-state index contributed by atoms with van der Waals surface area (Å²) in [5.41, 5.74) is -0.405. The van der Waals surface area contributed by atoms with Gasteiger partial charge in [0.2, 0.25) is 5.76 Å². The molecule has 0 unspecified atom stereocenters. The van der Waals surface area contributed by atoms with Crippen molar-refractivity contribution >= 4 is 0 Å². The molecular weight excluding hydrogens is 176 g/mol. The summed E-state index contributed by atoms with van der Waals surface area (Å²) in [6.07, 6.45) is 1.11. The van der Waals surface area contributed by atoms with Gasteiger partial charge in [-0.25, -0.2) is 0 Å². The van der Waals surface area contributed by atoms with Gasteiger partial charge in [-0.1, -0.05) is 12.1 Å². The normalized spacial score (nSPS) is 20.3. The molecule has 1 aromatic heterocycles. The highest BCUT2D eigenvalue weighted by Gasteiger charge is 2.61. The molecule has 0 radical (unpaired) electrons. The van der Waals surface area contributed by atoms with Crippen LogP contribution < -0.4 is 0 Å². The summed E-state index contributed by atoms with van der Waals surface area (Å²) in [4.78, 5) is 0. The van der Waals surface area contributed by atoms with E-state index in [-0.39, 0.29) is 5.76 Å². The number of aryl methyl sites for hydroxylation is 1. The molecule has 0 atom stereocenters. The molecule has 1 fully saturated rings. The maximum absolute atomic E-state index is 13.6. The number of nitrogens with zero attached hydrogens (tertiary/aromatic N) is 1. The number of hydrogen-bond acceptors (Lipinski definition) is 2. The van der Waals surface area contributed by atoms with Crippen molar-refractivity contribution in [2.45, 2.75) is 32.6 Å². The van der Waals surface area contributed by atoms with E-state index in [0.29, 0.717) is 18.5 Å². The van der Waals surface area contributed by atoms with Crippen molar-refractivity contribution in [3.8, 4) is 0 Å². The van der Waals surface area contributed by atoms with Crippen molar-refractivity contribution in [2.75, 3.05) is 0 Å². The minimum atomic E-state index is -2.87. The van der Waals surface area contributed by atoms with Crippen molar-refractivity contribution in [2.24, 2.45) is 5.41 Å². The van der Waals surface area contributed by atoms with Gasteiger partial charge in [0.1, 0.15) is 0 Å². The average Bonchev–Trinajstić information content (AvgIpc) is 2.63. The molecule has 13 heavy (non-hydrogen) atoms. The van der Waals surface area contributed by atoms with E-state index in [0.717, 1.165) is 0 Å². The van der Waals surface area contributed by atoms with Crippen LogP contribution in [0.4, 0.5) is 8.78 Å². The second-order valence-corrected chi connectivity index (χ2v) is 3.97. The molecule has 0 spiro atoms. The molecule has 2 rings (SSSR count). The summed E-state index contributed by atoms with van der Waals surface area (Å²) in [6, 6.07) is 1.31. The van der Waals surface area contributed by atoms with Crippen LogP contribution in [0.5, 0.6) is 0 Å². The average molecular weight is 187 g/mol. The molecule has 4 heteroatoms. The lowest BCUT2D eigenvalue weighted by molar-refractivity contribution is -0.0932. The van der Waals surface area contributed by atoms with Crippen LogP contribution in [0.2, 0.25) is 0 Å². The molecule has 1 aliphatic rings. The molecule has 1 aliphatic carbocycles. The molecule has 0 amide bonds. The van der Waals surface area contributed by atoms with Crippen molar-refractivity contribution < 1.29 is 13.3 Å². The van der Waals surface area contributed by atoms with E-state index in [1.807, 2.05) is 0 Å². The molecule has 0 bridgehead atoms. The molecule has 0 aromatic carbocycles. The Labute approximate surface area is 74.9 Å². The topological polar surface area (TPSA) is 26.0 Å². The molecule has 0 N–H and O–H groups in total. The van der Waals surface area contributed by atoms with Crippen LogP contribution in [0, 0.1) is 12.3 Å². The Bertz CT molecular complexity index is 328. The summed E-state index contributed by atoms with van der Waals surface area (Å²) < 4.78 is 31.8. The van der Waals surface area contributed by atoms with Crippen LogP contribution in [-0.2, 0) is 5.92 Å². The Morgan fingerprint density at radius 3 is 2.54 bits per heavy atom. The lowest BCUT2D eigenvalue weighted by Crippen LogP contribution is -2.24. The van der Waals surface area contributed by atoms with Crippen LogP contribution in [0.1, 0.15) is 31.2 Å². The first-order chi connectivity index (χ1) is 5.96. The Hall–Kier alpha value is -0.930. The fourth-order valence-corrected chi connectivity index (χ4v) is 1.31. The predicted molar refractivity (Wildman–Crippen MR) is 42.5 cm³/mol. The van der Waals surface area contributed by atoms with Gasteiger partial charge in [0.15, 0.2) is 0 Å². The molecule has 72 valence electrons. The van der Waals surface area contributed by atoms with Crippen LogP contribution in [0.3, 0.4) is 0 Å². The Balaban J connectivity index is 2.34. The van der Waals surface area contributed by atoms with Gasteiger partial charge in [0, 0.05) is 11.5 Å². The van der Waals surface area contributed by atoms with E-state index < -0.39 is 11.3 Å². The molecule has 2 nitrogen and oxygen atoms in total. The SMILES string of the molecule is Cc1cc(C(F)(F)C2(C)CC2)on1.